The molecule has 0 aromatic carbocycles. The van der Waals surface area contributed by atoms with Gasteiger partial charge >= 0.3 is 0 Å². The van der Waals surface area contributed by atoms with Crippen LogP contribution in [0.4, 0.5) is 22.3 Å². The van der Waals surface area contributed by atoms with Gasteiger partial charge < -0.3 is 16.5 Å². The topological polar surface area (TPSA) is 129 Å². The maximum Gasteiger partial charge on any atom is 0.200 e. The van der Waals surface area contributed by atoms with Crippen LogP contribution in [0.1, 0.15) is 108 Å². The summed E-state index contributed by atoms with van der Waals surface area (Å²) in [5.74, 6) is 6.00. The summed E-state index contributed by atoms with van der Waals surface area (Å²) in [5.41, 5.74) is 15.0. The van der Waals surface area contributed by atoms with Crippen molar-refractivity contribution in [3.63, 3.8) is 0 Å². The highest BCUT2D eigenvalue weighted by atomic mass is 32.1. The molecule has 4 aliphatic carbocycles. The van der Waals surface area contributed by atoms with E-state index in [1.54, 1.807) is 11.3 Å². The summed E-state index contributed by atoms with van der Waals surface area (Å²) in [7, 11) is 0. The third-order valence-electron chi connectivity index (χ3n) is 12.6. The average molecular weight is 620 g/mol. The van der Waals surface area contributed by atoms with Gasteiger partial charge in [-0.3, -0.25) is 0 Å². The Bertz CT molecular complexity index is 1470. The van der Waals surface area contributed by atoms with E-state index < -0.39 is 0 Å². The molecule has 2 aromatic heterocycles. The largest absolute Gasteiger partial charge is 0.383 e. The molecule has 0 saturated heterocycles. The van der Waals surface area contributed by atoms with E-state index in [1.165, 1.54) is 68.2 Å². The molecule has 0 aliphatic heterocycles. The van der Waals surface area contributed by atoms with Gasteiger partial charge in [0.1, 0.15) is 11.9 Å². The Morgan fingerprint density at radius 2 is 1.84 bits per heavy atom. The minimum atomic E-state index is 0.137. The predicted octanol–water partition coefficient (Wildman–Crippen LogP) is 9.69. The molecule has 0 spiro atoms. The van der Waals surface area contributed by atoms with Crippen LogP contribution in [-0.4, -0.2) is 9.97 Å². The quantitative estimate of drug-likeness (QED) is 0.210. The number of anilines is 2. The molecule has 43 heavy (non-hydrogen) atoms. The van der Waals surface area contributed by atoms with Crippen LogP contribution < -0.4 is 11.5 Å². The van der Waals surface area contributed by atoms with Crippen molar-refractivity contribution in [1.29, 1.82) is 5.26 Å². The fraction of sp³-hybridized carbons (Fsp3) is 0.735. The molecule has 2 heterocycles. The van der Waals surface area contributed by atoms with Crippen molar-refractivity contribution in [2.45, 2.75) is 105 Å². The number of aromatic nitrogens is 2. The second kappa shape index (κ2) is 11.6. The molecule has 0 bridgehead atoms. The van der Waals surface area contributed by atoms with Gasteiger partial charge in [-0.15, -0.1) is 21.6 Å². The van der Waals surface area contributed by atoms with Crippen LogP contribution in [0.2, 0.25) is 0 Å². The summed E-state index contributed by atoms with van der Waals surface area (Å²) >= 11 is 6.69. The Labute approximate surface area is 266 Å². The number of rotatable bonds is 7. The highest BCUT2D eigenvalue weighted by Gasteiger charge is 2.60. The summed E-state index contributed by atoms with van der Waals surface area (Å²) < 4.78 is 0.208. The molecule has 8 atom stereocenters. The highest BCUT2D eigenvalue weighted by molar-refractivity contribution is 7.71. The molecule has 2 aromatic rings. The van der Waals surface area contributed by atoms with E-state index in [1.807, 2.05) is 0 Å². The van der Waals surface area contributed by atoms with E-state index >= 15 is 0 Å². The third-order valence-corrected chi connectivity index (χ3v) is 14.0. The van der Waals surface area contributed by atoms with E-state index in [9.17, 15) is 5.26 Å². The lowest BCUT2D eigenvalue weighted by Crippen LogP contribution is -2.54. The van der Waals surface area contributed by atoms with E-state index in [0.29, 0.717) is 21.9 Å². The predicted molar refractivity (Wildman–Crippen MR) is 178 cm³/mol. The number of hydrogen-bond acceptors (Lipinski definition) is 8. The lowest BCUT2D eigenvalue weighted by molar-refractivity contribution is -0.103. The Morgan fingerprint density at radius 1 is 1.07 bits per heavy atom. The highest BCUT2D eigenvalue weighted by Crippen LogP contribution is 2.68. The summed E-state index contributed by atoms with van der Waals surface area (Å²) in [6.45, 7) is 12.6. The van der Waals surface area contributed by atoms with Crippen LogP contribution in [0.25, 0.3) is 0 Å². The van der Waals surface area contributed by atoms with E-state index in [4.69, 9.17) is 23.7 Å². The summed E-state index contributed by atoms with van der Waals surface area (Å²) in [6, 6.07) is 2.47. The van der Waals surface area contributed by atoms with E-state index in [-0.39, 0.29) is 27.5 Å². The van der Waals surface area contributed by atoms with Gasteiger partial charge in [0.05, 0.1) is 5.56 Å². The molecule has 4 aliphatic rings. The molecule has 0 radical (unpaired) electrons. The molecular formula is C34H49N7S2. The SMILES string of the molecule is CC(C)CCC[C@@H](C)[C@H]1CC[C@H]2[C@@H]3CC[C@H]4Cc5c(sc(N=Nc6c(N)nc(=S)[nH]c6N)c5C#N)C[C@]4(C)[C@H]3CC[C@]12C. The van der Waals surface area contributed by atoms with Gasteiger partial charge in [-0.1, -0.05) is 53.9 Å². The molecule has 0 amide bonds. The number of nitriles is 1. The van der Waals surface area contributed by atoms with Gasteiger partial charge in [-0.25, -0.2) is 4.98 Å². The smallest absolute Gasteiger partial charge is 0.200 e. The van der Waals surface area contributed by atoms with Gasteiger partial charge in [0.15, 0.2) is 21.3 Å². The lowest BCUT2D eigenvalue weighted by atomic mass is 9.44. The van der Waals surface area contributed by atoms with E-state index in [2.05, 4.69) is 60.9 Å². The number of thiophene rings is 1. The first kappa shape index (κ1) is 30.7. The Kier molecular flexibility index (Phi) is 8.25. The Morgan fingerprint density at radius 3 is 2.56 bits per heavy atom. The summed E-state index contributed by atoms with van der Waals surface area (Å²) in [5, 5.41) is 19.7. The van der Waals surface area contributed by atoms with Crippen LogP contribution >= 0.6 is 23.6 Å². The van der Waals surface area contributed by atoms with Crippen molar-refractivity contribution >= 4 is 45.9 Å². The zero-order valence-electron chi connectivity index (χ0n) is 26.6. The summed E-state index contributed by atoms with van der Waals surface area (Å²) in [4.78, 5) is 8.16. The second-order valence-corrected chi connectivity index (χ2v) is 16.7. The van der Waals surface area contributed by atoms with Crippen molar-refractivity contribution in [3.05, 3.63) is 20.8 Å². The average Bonchev–Trinajstić information content (AvgIpc) is 3.46. The molecule has 3 saturated carbocycles. The first-order chi connectivity index (χ1) is 20.5. The third kappa shape index (κ3) is 5.24. The number of azo groups is 1. The fourth-order valence-electron chi connectivity index (χ4n) is 10.5. The van der Waals surface area contributed by atoms with Crippen molar-refractivity contribution in [3.8, 4) is 6.07 Å². The first-order valence-electron chi connectivity index (χ1n) is 16.6. The van der Waals surface area contributed by atoms with Crippen LogP contribution in [0.3, 0.4) is 0 Å². The van der Waals surface area contributed by atoms with Gasteiger partial charge in [0, 0.05) is 4.88 Å². The number of nitrogens with zero attached hydrogens (tertiary/aromatic N) is 4. The van der Waals surface area contributed by atoms with Crippen molar-refractivity contribution in [1.82, 2.24) is 9.97 Å². The van der Waals surface area contributed by atoms with Gasteiger partial charge in [-0.2, -0.15) is 5.26 Å². The number of nitrogens with two attached hydrogens (primary N) is 2. The molecule has 5 N–H and O–H groups in total. The van der Waals surface area contributed by atoms with Crippen molar-refractivity contribution in [2.24, 2.45) is 62.5 Å². The normalized spacial score (nSPS) is 33.9. The molecule has 3 fully saturated rings. The van der Waals surface area contributed by atoms with Crippen LogP contribution in [-0.2, 0) is 12.8 Å². The number of nitrogens with one attached hydrogen (secondary N) is 1. The van der Waals surface area contributed by atoms with Crippen LogP contribution in [0.5, 0.6) is 0 Å². The monoisotopic (exact) mass is 619 g/mol. The number of nitrogen functional groups attached to an aromatic ring is 2. The van der Waals surface area contributed by atoms with Crippen LogP contribution in [0.15, 0.2) is 10.2 Å². The second-order valence-electron chi connectivity index (χ2n) is 15.3. The Hall–Kier alpha value is -2.31. The molecule has 7 nitrogen and oxygen atoms in total. The minimum absolute atomic E-state index is 0.137. The van der Waals surface area contributed by atoms with Crippen molar-refractivity contribution in [2.75, 3.05) is 11.5 Å². The zero-order valence-corrected chi connectivity index (χ0v) is 28.2. The fourth-order valence-corrected chi connectivity index (χ4v) is 12.0. The molecular weight excluding hydrogens is 571 g/mol. The van der Waals surface area contributed by atoms with Crippen molar-refractivity contribution < 1.29 is 0 Å². The maximum absolute atomic E-state index is 10.2. The maximum atomic E-state index is 10.2. The molecule has 232 valence electrons. The number of hydrogen-bond donors (Lipinski definition) is 3. The lowest BCUT2D eigenvalue weighted by Gasteiger charge is -2.60. The van der Waals surface area contributed by atoms with Gasteiger partial charge in [0.25, 0.3) is 0 Å². The zero-order chi connectivity index (χ0) is 30.7. The number of aromatic amines is 1. The Balaban J connectivity index is 1.23. The molecule has 9 heteroatoms. The molecule has 0 unspecified atom stereocenters. The van der Waals surface area contributed by atoms with Gasteiger partial charge in [0.2, 0.25) is 0 Å². The van der Waals surface area contributed by atoms with Crippen LogP contribution in [0, 0.1) is 68.4 Å². The molecule has 6 rings (SSSR count). The number of H-pyrrole nitrogens is 1. The van der Waals surface area contributed by atoms with Gasteiger partial charge in [-0.05, 0) is 121 Å². The standard InChI is InChI=1S/C34H49N7S2/c1-18(2)7-6-8-19(3)24-11-12-25-21-10-9-20-15-22-23(17-35)31(41-40-28-29(36)38-32(42)39-30(28)37)43-27(22)16-34(20,5)26(21)13-14-33(24,25)4/h18-21,24-26H,6-16H2,1-5H3,(H5,36,37,38,39,42)/t19-,20+,21+,24-,25+,26+,33-,34+/m1/s1. The summed E-state index contributed by atoms with van der Waals surface area (Å²) in [6.07, 6.45) is 14.4. The number of fused-ring (bicyclic) bond motifs is 6. The minimum Gasteiger partial charge on any atom is -0.383 e. The van der Waals surface area contributed by atoms with E-state index in [0.717, 1.165) is 48.3 Å². The first-order valence-corrected chi connectivity index (χ1v) is 17.8.